The normalized spacial score (nSPS) is 12.5. The Kier molecular flexibility index (Phi) is 11.6. The molecule has 2 rings (SSSR count). The second-order valence-electron chi connectivity index (χ2n) is 3.87. The quantitative estimate of drug-likeness (QED) is 0.769. The number of nitrogens with one attached hydrogen (secondary N) is 1. The molecule has 2 heteroatoms. The van der Waals surface area contributed by atoms with E-state index in [-0.39, 0.29) is 5.91 Å². The van der Waals surface area contributed by atoms with Crippen molar-refractivity contribution in [2.75, 3.05) is 0 Å². The molecular weight excluding hydrogens is 258 g/mol. The average molecular weight is 285 g/mol. The Morgan fingerprint density at radius 1 is 1.05 bits per heavy atom. The molecule has 0 aliphatic heterocycles. The molecule has 0 unspecified atom stereocenters. The van der Waals surface area contributed by atoms with Crippen molar-refractivity contribution in [3.05, 3.63) is 65.9 Å². The van der Waals surface area contributed by atoms with E-state index in [0.29, 0.717) is 0 Å². The third kappa shape index (κ3) is 8.64. The Balaban J connectivity index is 0.000000921. The fourth-order valence-electron chi connectivity index (χ4n) is 1.63. The van der Waals surface area contributed by atoms with Gasteiger partial charge in [-0.1, -0.05) is 70.2 Å². The van der Waals surface area contributed by atoms with Crippen LogP contribution in [0.1, 0.15) is 46.1 Å². The lowest BCUT2D eigenvalue weighted by Gasteiger charge is -2.06. The van der Waals surface area contributed by atoms with Gasteiger partial charge in [0.15, 0.2) is 0 Å². The first-order chi connectivity index (χ1) is 10.3. The topological polar surface area (TPSA) is 29.1 Å². The van der Waals surface area contributed by atoms with Crippen molar-refractivity contribution < 1.29 is 4.79 Å². The molecule has 1 N–H and O–H groups in total. The summed E-state index contributed by atoms with van der Waals surface area (Å²) in [5.74, 6) is -0.0911. The van der Waals surface area contributed by atoms with Crippen molar-refractivity contribution in [1.29, 1.82) is 0 Å². The van der Waals surface area contributed by atoms with E-state index in [4.69, 9.17) is 0 Å². The summed E-state index contributed by atoms with van der Waals surface area (Å²) in [6.07, 6.45) is 11.5. The van der Waals surface area contributed by atoms with E-state index in [9.17, 15) is 4.79 Å². The van der Waals surface area contributed by atoms with Gasteiger partial charge >= 0.3 is 0 Å². The summed E-state index contributed by atoms with van der Waals surface area (Å²) in [7, 11) is 0. The summed E-state index contributed by atoms with van der Waals surface area (Å²) < 4.78 is 0. The summed E-state index contributed by atoms with van der Waals surface area (Å²) in [4.78, 5) is 11.6. The summed E-state index contributed by atoms with van der Waals surface area (Å²) >= 11 is 0. The van der Waals surface area contributed by atoms with Gasteiger partial charge in [-0.15, -0.1) is 0 Å². The third-order valence-electron chi connectivity index (χ3n) is 2.49. The van der Waals surface area contributed by atoms with Crippen molar-refractivity contribution in [2.45, 2.75) is 40.5 Å². The molecule has 0 saturated heterocycles. The maximum absolute atomic E-state index is 11.6. The van der Waals surface area contributed by atoms with Crippen LogP contribution < -0.4 is 5.32 Å². The zero-order valence-electron chi connectivity index (χ0n) is 13.6. The third-order valence-corrected chi connectivity index (χ3v) is 2.49. The second-order valence-corrected chi connectivity index (χ2v) is 3.87. The molecule has 0 radical (unpaired) electrons. The van der Waals surface area contributed by atoms with Gasteiger partial charge in [-0.3, -0.25) is 4.79 Å². The maximum Gasteiger partial charge on any atom is 0.248 e. The smallest absolute Gasteiger partial charge is 0.248 e. The Morgan fingerprint density at radius 3 is 2.29 bits per heavy atom. The van der Waals surface area contributed by atoms with E-state index in [1.807, 2.05) is 76.3 Å². The van der Waals surface area contributed by atoms with Crippen LogP contribution in [0.4, 0.5) is 0 Å². The van der Waals surface area contributed by atoms with Gasteiger partial charge in [0.2, 0.25) is 5.91 Å². The van der Waals surface area contributed by atoms with Gasteiger partial charge in [-0.2, -0.15) is 0 Å². The first-order valence-corrected chi connectivity index (χ1v) is 7.75. The Hall–Kier alpha value is -2.09. The highest BCUT2D eigenvalue weighted by Crippen LogP contribution is 2.07. The van der Waals surface area contributed by atoms with Gasteiger partial charge in [-0.25, -0.2) is 0 Å². The predicted molar refractivity (Wildman–Crippen MR) is 92.8 cm³/mol. The predicted octanol–water partition coefficient (Wildman–Crippen LogP) is 5.10. The number of hydrogen-bond acceptors (Lipinski definition) is 1. The van der Waals surface area contributed by atoms with Gasteiger partial charge in [-0.05, 0) is 30.6 Å². The van der Waals surface area contributed by atoms with Crippen LogP contribution in [0.25, 0.3) is 6.08 Å². The second kappa shape index (κ2) is 12.9. The van der Waals surface area contributed by atoms with E-state index in [0.717, 1.165) is 24.1 Å². The molecule has 21 heavy (non-hydrogen) atoms. The molecule has 0 atom stereocenters. The molecular formula is C19H27NO. The summed E-state index contributed by atoms with van der Waals surface area (Å²) in [5, 5.41) is 2.84. The van der Waals surface area contributed by atoms with Gasteiger partial charge in [0, 0.05) is 11.8 Å². The monoisotopic (exact) mass is 285 g/mol. The number of amides is 1. The average Bonchev–Trinajstić information content (AvgIpc) is 2.58. The largest absolute Gasteiger partial charge is 0.323 e. The number of allylic oxidation sites excluding steroid dienone is 3. The van der Waals surface area contributed by atoms with E-state index < -0.39 is 0 Å². The maximum atomic E-state index is 11.6. The number of carbonyl (C=O) groups excluding carboxylic acids is 1. The molecule has 0 saturated carbocycles. The zero-order chi connectivity index (χ0) is 15.9. The fourth-order valence-corrected chi connectivity index (χ4v) is 1.63. The molecule has 0 bridgehead atoms. The van der Waals surface area contributed by atoms with E-state index in [1.54, 1.807) is 6.08 Å². The van der Waals surface area contributed by atoms with E-state index in [2.05, 4.69) is 11.4 Å². The van der Waals surface area contributed by atoms with Gasteiger partial charge in [0.25, 0.3) is 0 Å². The number of carbonyl (C=O) groups is 1. The van der Waals surface area contributed by atoms with E-state index >= 15 is 0 Å². The lowest BCUT2D eigenvalue weighted by Crippen LogP contribution is -2.19. The molecule has 1 aliphatic carbocycles. The molecule has 0 aromatic heterocycles. The highest BCUT2D eigenvalue weighted by molar-refractivity contribution is 5.93. The van der Waals surface area contributed by atoms with Crippen LogP contribution >= 0.6 is 0 Å². The zero-order valence-corrected chi connectivity index (χ0v) is 13.6. The van der Waals surface area contributed by atoms with Crippen LogP contribution in [0.2, 0.25) is 0 Å². The Labute approximate surface area is 129 Å². The molecule has 114 valence electrons. The molecule has 1 aromatic rings. The lowest BCUT2D eigenvalue weighted by atomic mass is 10.1. The van der Waals surface area contributed by atoms with Crippen LogP contribution in [0.5, 0.6) is 0 Å². The Bertz CT molecular complexity index is 470. The van der Waals surface area contributed by atoms with Crippen LogP contribution in [-0.4, -0.2) is 5.91 Å². The molecule has 2 nitrogen and oxygen atoms in total. The van der Waals surface area contributed by atoms with Crippen molar-refractivity contribution in [1.82, 2.24) is 5.32 Å². The highest BCUT2D eigenvalue weighted by Gasteiger charge is 2.00. The minimum Gasteiger partial charge on any atom is -0.323 e. The van der Waals surface area contributed by atoms with Gasteiger partial charge < -0.3 is 5.32 Å². The van der Waals surface area contributed by atoms with Crippen LogP contribution in [0.15, 0.2) is 60.3 Å². The molecule has 1 aromatic carbocycles. The number of hydrogen-bond donors (Lipinski definition) is 1. The van der Waals surface area contributed by atoms with E-state index in [1.165, 1.54) is 0 Å². The SMILES string of the molecule is CC.CC.O=C(/C=C/c1ccccc1)NC1=CCCC=C1. The van der Waals surface area contributed by atoms with Crippen molar-refractivity contribution >= 4 is 12.0 Å². The molecule has 1 amide bonds. The highest BCUT2D eigenvalue weighted by atomic mass is 16.1. The van der Waals surface area contributed by atoms with Crippen molar-refractivity contribution in [3.63, 3.8) is 0 Å². The van der Waals surface area contributed by atoms with Crippen molar-refractivity contribution in [3.8, 4) is 0 Å². The number of rotatable bonds is 3. The Morgan fingerprint density at radius 2 is 1.71 bits per heavy atom. The van der Waals surface area contributed by atoms with Crippen molar-refractivity contribution in [2.24, 2.45) is 0 Å². The van der Waals surface area contributed by atoms with Crippen LogP contribution in [0, 0.1) is 0 Å². The van der Waals surface area contributed by atoms with Gasteiger partial charge in [0.05, 0.1) is 0 Å². The minimum absolute atomic E-state index is 0.0911. The first kappa shape index (κ1) is 18.9. The first-order valence-electron chi connectivity index (χ1n) is 7.75. The standard InChI is InChI=1S/C15H15NO.2C2H6/c17-15(16-14-9-5-2-6-10-14)12-11-13-7-3-1-4-8-13;2*1-2/h1,3-5,7-12H,2,6H2,(H,16,17);2*1-2H3/b12-11+;;. The molecule has 0 heterocycles. The van der Waals surface area contributed by atoms with Gasteiger partial charge in [0.1, 0.15) is 0 Å². The molecule has 1 aliphatic rings. The fraction of sp³-hybridized carbons (Fsp3) is 0.316. The summed E-state index contributed by atoms with van der Waals surface area (Å²) in [5.41, 5.74) is 1.91. The van der Waals surface area contributed by atoms with Crippen LogP contribution in [-0.2, 0) is 4.79 Å². The summed E-state index contributed by atoms with van der Waals surface area (Å²) in [6, 6.07) is 9.77. The van der Waals surface area contributed by atoms with Crippen LogP contribution in [0.3, 0.4) is 0 Å². The molecule has 0 spiro atoms. The minimum atomic E-state index is -0.0911. The molecule has 0 fully saturated rings. The number of benzene rings is 1. The lowest BCUT2D eigenvalue weighted by molar-refractivity contribution is -0.115. The summed E-state index contributed by atoms with van der Waals surface area (Å²) in [6.45, 7) is 8.00.